The maximum absolute atomic E-state index is 12.9. The number of aromatic nitrogens is 2. The number of nitrogens with zero attached hydrogens (tertiary/aromatic N) is 3. The summed E-state index contributed by atoms with van der Waals surface area (Å²) in [6.45, 7) is 4.88. The zero-order chi connectivity index (χ0) is 19.4. The molecule has 0 bridgehead atoms. The largest absolute Gasteiger partial charge is 0.369 e. The highest BCUT2D eigenvalue weighted by Gasteiger charge is 2.23. The van der Waals surface area contributed by atoms with Crippen LogP contribution in [0.15, 0.2) is 24.3 Å². The van der Waals surface area contributed by atoms with E-state index in [4.69, 9.17) is 0 Å². The number of hydrogen-bond donors (Lipinski definition) is 2. The van der Waals surface area contributed by atoms with Gasteiger partial charge in [-0.05, 0) is 37.6 Å². The summed E-state index contributed by atoms with van der Waals surface area (Å²) in [7, 11) is 0. The maximum atomic E-state index is 12.9. The molecule has 0 atom stereocenters. The Hall–Kier alpha value is -3.03. The number of carbonyl (C=O) groups excluding carboxylic acids is 2. The normalized spacial score (nSPS) is 13.1. The zero-order valence-corrected chi connectivity index (χ0v) is 15.4. The lowest BCUT2D eigenvalue weighted by molar-refractivity contribution is -0.129. The molecule has 7 nitrogen and oxygen atoms in total. The summed E-state index contributed by atoms with van der Waals surface area (Å²) in [6, 6.07) is 5.64. The van der Waals surface area contributed by atoms with Crippen LogP contribution in [0.5, 0.6) is 0 Å². The fourth-order valence-electron chi connectivity index (χ4n) is 3.02. The van der Waals surface area contributed by atoms with Gasteiger partial charge in [-0.1, -0.05) is 0 Å². The van der Waals surface area contributed by atoms with Crippen LogP contribution in [0.25, 0.3) is 0 Å². The van der Waals surface area contributed by atoms with Crippen LogP contribution < -0.4 is 10.6 Å². The van der Waals surface area contributed by atoms with Gasteiger partial charge < -0.3 is 15.5 Å². The van der Waals surface area contributed by atoms with E-state index in [0.717, 1.165) is 17.1 Å². The van der Waals surface area contributed by atoms with Crippen molar-refractivity contribution < 1.29 is 14.0 Å². The summed E-state index contributed by atoms with van der Waals surface area (Å²) in [6.07, 6.45) is 0.925. The van der Waals surface area contributed by atoms with Gasteiger partial charge in [-0.25, -0.2) is 14.4 Å². The van der Waals surface area contributed by atoms with Gasteiger partial charge in [-0.2, -0.15) is 0 Å². The van der Waals surface area contributed by atoms with Crippen LogP contribution in [-0.4, -0.2) is 39.8 Å². The first-order chi connectivity index (χ1) is 12.9. The van der Waals surface area contributed by atoms with E-state index >= 15 is 0 Å². The van der Waals surface area contributed by atoms with Crippen LogP contribution in [0.2, 0.25) is 0 Å². The quantitative estimate of drug-likeness (QED) is 0.842. The topological polar surface area (TPSA) is 87.2 Å². The van der Waals surface area contributed by atoms with Crippen LogP contribution in [-0.2, 0) is 22.6 Å². The molecule has 1 aromatic carbocycles. The van der Waals surface area contributed by atoms with Crippen molar-refractivity contribution in [3.05, 3.63) is 47.2 Å². The summed E-state index contributed by atoms with van der Waals surface area (Å²) < 4.78 is 12.9. The monoisotopic (exact) mass is 371 g/mol. The van der Waals surface area contributed by atoms with Crippen LogP contribution in [0.4, 0.5) is 15.9 Å². The molecule has 0 aliphatic carbocycles. The molecule has 1 aromatic heterocycles. The first kappa shape index (κ1) is 18.8. The lowest BCUT2D eigenvalue weighted by atomic mass is 10.1. The SMILES string of the molecule is CC(=O)N1CCc2c(nc(C)nc2NCCC(=O)Nc2ccc(F)cc2)C1. The van der Waals surface area contributed by atoms with Crippen molar-refractivity contribution in [3.8, 4) is 0 Å². The zero-order valence-electron chi connectivity index (χ0n) is 15.4. The van der Waals surface area contributed by atoms with Gasteiger partial charge in [0.25, 0.3) is 0 Å². The molecule has 2 amide bonds. The van der Waals surface area contributed by atoms with E-state index in [2.05, 4.69) is 20.6 Å². The number of aryl methyl sites for hydroxylation is 1. The number of benzene rings is 1. The Kier molecular flexibility index (Phi) is 5.63. The van der Waals surface area contributed by atoms with Crippen LogP contribution in [0.3, 0.4) is 0 Å². The molecule has 0 unspecified atom stereocenters. The minimum absolute atomic E-state index is 0.0314. The van der Waals surface area contributed by atoms with Gasteiger partial charge in [0.2, 0.25) is 11.8 Å². The second kappa shape index (κ2) is 8.11. The summed E-state index contributed by atoms with van der Waals surface area (Å²) in [5.74, 6) is 0.856. The predicted molar refractivity (Wildman–Crippen MR) is 99.7 cm³/mol. The highest BCUT2D eigenvalue weighted by Crippen LogP contribution is 2.23. The molecule has 3 rings (SSSR count). The second-order valence-corrected chi connectivity index (χ2v) is 6.47. The fourth-order valence-corrected chi connectivity index (χ4v) is 3.02. The Morgan fingerprint density at radius 1 is 1.22 bits per heavy atom. The Bertz CT molecular complexity index is 854. The van der Waals surface area contributed by atoms with Gasteiger partial charge in [0.1, 0.15) is 17.5 Å². The van der Waals surface area contributed by atoms with Crippen molar-refractivity contribution in [3.63, 3.8) is 0 Å². The average Bonchev–Trinajstić information content (AvgIpc) is 2.63. The number of nitrogens with one attached hydrogen (secondary N) is 2. The summed E-state index contributed by atoms with van der Waals surface area (Å²) in [5.41, 5.74) is 2.40. The number of hydrogen-bond acceptors (Lipinski definition) is 5. The smallest absolute Gasteiger partial charge is 0.226 e. The average molecular weight is 371 g/mol. The van der Waals surface area contributed by atoms with Crippen molar-refractivity contribution in [1.82, 2.24) is 14.9 Å². The van der Waals surface area contributed by atoms with Gasteiger partial charge in [0.05, 0.1) is 12.2 Å². The number of rotatable bonds is 5. The molecule has 142 valence electrons. The van der Waals surface area contributed by atoms with E-state index in [1.807, 2.05) is 0 Å². The van der Waals surface area contributed by atoms with Crippen LogP contribution in [0.1, 0.15) is 30.4 Å². The molecule has 1 aliphatic heterocycles. The molecule has 0 spiro atoms. The number of carbonyl (C=O) groups is 2. The molecule has 8 heteroatoms. The third kappa shape index (κ3) is 4.78. The highest BCUT2D eigenvalue weighted by molar-refractivity contribution is 5.90. The molecule has 27 heavy (non-hydrogen) atoms. The van der Waals surface area contributed by atoms with E-state index in [1.54, 1.807) is 18.7 Å². The molecule has 2 aromatic rings. The minimum Gasteiger partial charge on any atom is -0.369 e. The first-order valence-electron chi connectivity index (χ1n) is 8.83. The van der Waals surface area contributed by atoms with E-state index in [1.165, 1.54) is 24.3 Å². The summed E-state index contributed by atoms with van der Waals surface area (Å²) in [5, 5.41) is 5.93. The van der Waals surface area contributed by atoms with Gasteiger partial charge >= 0.3 is 0 Å². The molecule has 2 heterocycles. The Morgan fingerprint density at radius 3 is 2.67 bits per heavy atom. The van der Waals surface area contributed by atoms with Crippen molar-refractivity contribution in [2.75, 3.05) is 23.7 Å². The van der Waals surface area contributed by atoms with E-state index in [9.17, 15) is 14.0 Å². The third-order valence-electron chi connectivity index (χ3n) is 4.39. The maximum Gasteiger partial charge on any atom is 0.226 e. The molecular formula is C19H22FN5O2. The molecule has 1 aliphatic rings. The number of amides is 2. The number of anilines is 2. The number of halogens is 1. The lowest BCUT2D eigenvalue weighted by Crippen LogP contribution is -2.35. The predicted octanol–water partition coefficient (Wildman–Crippen LogP) is 2.27. The van der Waals surface area contributed by atoms with Gasteiger partial charge in [0, 0.05) is 37.7 Å². The van der Waals surface area contributed by atoms with Gasteiger partial charge in [0.15, 0.2) is 0 Å². The standard InChI is InChI=1S/C19H22FN5O2/c1-12-22-17-11-25(13(2)26)10-8-16(17)19(23-12)21-9-7-18(27)24-15-5-3-14(20)4-6-15/h3-6H,7-11H2,1-2H3,(H,24,27)(H,21,22,23). The molecule has 0 saturated carbocycles. The summed E-state index contributed by atoms with van der Waals surface area (Å²) >= 11 is 0. The van der Waals surface area contributed by atoms with Crippen LogP contribution in [0, 0.1) is 12.7 Å². The Morgan fingerprint density at radius 2 is 1.96 bits per heavy atom. The molecule has 0 saturated heterocycles. The van der Waals surface area contributed by atoms with Crippen molar-refractivity contribution in [1.29, 1.82) is 0 Å². The van der Waals surface area contributed by atoms with E-state index in [0.29, 0.717) is 37.6 Å². The second-order valence-electron chi connectivity index (χ2n) is 6.47. The van der Waals surface area contributed by atoms with Gasteiger partial charge in [-0.15, -0.1) is 0 Å². The Balaban J connectivity index is 1.59. The van der Waals surface area contributed by atoms with E-state index in [-0.39, 0.29) is 24.1 Å². The van der Waals surface area contributed by atoms with Crippen molar-refractivity contribution >= 4 is 23.3 Å². The van der Waals surface area contributed by atoms with Crippen LogP contribution >= 0.6 is 0 Å². The van der Waals surface area contributed by atoms with Crippen molar-refractivity contribution in [2.24, 2.45) is 0 Å². The van der Waals surface area contributed by atoms with Crippen molar-refractivity contribution in [2.45, 2.75) is 33.2 Å². The Labute approximate surface area is 157 Å². The third-order valence-corrected chi connectivity index (χ3v) is 4.39. The molecule has 0 fully saturated rings. The van der Waals surface area contributed by atoms with Gasteiger partial charge in [-0.3, -0.25) is 9.59 Å². The highest BCUT2D eigenvalue weighted by atomic mass is 19.1. The summed E-state index contributed by atoms with van der Waals surface area (Å²) in [4.78, 5) is 34.3. The number of fused-ring (bicyclic) bond motifs is 1. The van der Waals surface area contributed by atoms with E-state index < -0.39 is 0 Å². The molecular weight excluding hydrogens is 349 g/mol. The fraction of sp³-hybridized carbons (Fsp3) is 0.368. The molecule has 0 radical (unpaired) electrons. The minimum atomic E-state index is -0.345. The lowest BCUT2D eigenvalue weighted by Gasteiger charge is -2.28. The molecule has 2 N–H and O–H groups in total. The first-order valence-corrected chi connectivity index (χ1v) is 8.83.